The maximum absolute atomic E-state index is 12.9. The van der Waals surface area contributed by atoms with Gasteiger partial charge in [0.1, 0.15) is 5.75 Å². The molecule has 1 unspecified atom stereocenters. The normalized spacial score (nSPS) is 18.1. The van der Waals surface area contributed by atoms with Crippen molar-refractivity contribution in [1.82, 2.24) is 5.32 Å². The molecule has 0 saturated heterocycles. The van der Waals surface area contributed by atoms with Crippen molar-refractivity contribution in [2.75, 3.05) is 32.3 Å². The van der Waals surface area contributed by atoms with Crippen LogP contribution in [0, 0.1) is 0 Å². The summed E-state index contributed by atoms with van der Waals surface area (Å²) in [7, 11) is 2.93. The van der Waals surface area contributed by atoms with E-state index in [4.69, 9.17) is 42.8 Å². The third-order valence-electron chi connectivity index (χ3n) is 5.37. The fraction of sp³-hybridized carbons (Fsp3) is 0.304. The molecule has 2 aliphatic heterocycles. The van der Waals surface area contributed by atoms with Gasteiger partial charge < -0.3 is 24.3 Å². The molecule has 1 N–H and O–H groups in total. The van der Waals surface area contributed by atoms with E-state index in [1.54, 1.807) is 18.1 Å². The Bertz CT molecular complexity index is 1100. The third-order valence-corrected chi connectivity index (χ3v) is 5.96. The van der Waals surface area contributed by atoms with Crippen molar-refractivity contribution in [3.05, 3.63) is 58.3 Å². The van der Waals surface area contributed by atoms with Crippen LogP contribution in [-0.2, 0) is 9.53 Å². The molecule has 2 aromatic carbocycles. The van der Waals surface area contributed by atoms with Gasteiger partial charge in [-0.2, -0.15) is 0 Å². The average molecular weight is 475 g/mol. The molecule has 0 amide bonds. The number of thiocarbonyl (C=S) groups is 1. The second-order valence-corrected chi connectivity index (χ2v) is 8.05. The summed E-state index contributed by atoms with van der Waals surface area (Å²) < 4.78 is 22.2. The van der Waals surface area contributed by atoms with Crippen molar-refractivity contribution in [3.8, 4) is 17.2 Å². The molecule has 32 heavy (non-hydrogen) atoms. The lowest BCUT2D eigenvalue weighted by atomic mass is 9.94. The number of allylic oxidation sites excluding steroid dienone is 1. The Morgan fingerprint density at radius 3 is 2.72 bits per heavy atom. The van der Waals surface area contributed by atoms with Crippen LogP contribution in [0.2, 0.25) is 5.02 Å². The first kappa shape index (κ1) is 22.2. The van der Waals surface area contributed by atoms with Gasteiger partial charge in [0.15, 0.2) is 16.6 Å². The van der Waals surface area contributed by atoms with E-state index in [0.717, 1.165) is 6.42 Å². The molecule has 0 bridgehead atoms. The molecule has 4 rings (SSSR count). The number of benzene rings is 2. The van der Waals surface area contributed by atoms with Crippen LogP contribution in [-0.4, -0.2) is 38.5 Å². The number of halogens is 1. The van der Waals surface area contributed by atoms with E-state index in [-0.39, 0.29) is 0 Å². The Kier molecular flexibility index (Phi) is 6.43. The molecule has 2 aliphatic rings. The SMILES string of the molecule is COC(=O)C1=C(C)N(c2ccccc2OC)C(=S)NC1c1cc(Cl)c2c(c1)OCCCO2. The Morgan fingerprint density at radius 2 is 1.97 bits per heavy atom. The van der Waals surface area contributed by atoms with Crippen LogP contribution >= 0.6 is 23.8 Å². The number of nitrogens with zero attached hydrogens (tertiary/aromatic N) is 1. The van der Waals surface area contributed by atoms with Crippen molar-refractivity contribution in [3.63, 3.8) is 0 Å². The van der Waals surface area contributed by atoms with Gasteiger partial charge >= 0.3 is 5.97 Å². The molecule has 0 aliphatic carbocycles. The van der Waals surface area contributed by atoms with E-state index < -0.39 is 12.0 Å². The zero-order valence-corrected chi connectivity index (χ0v) is 19.5. The molecule has 0 saturated carbocycles. The van der Waals surface area contributed by atoms with Crippen molar-refractivity contribution in [2.45, 2.75) is 19.4 Å². The minimum absolute atomic E-state index is 0.401. The van der Waals surface area contributed by atoms with Crippen LogP contribution in [0.3, 0.4) is 0 Å². The maximum atomic E-state index is 12.9. The van der Waals surface area contributed by atoms with E-state index in [1.807, 2.05) is 37.3 Å². The highest BCUT2D eigenvalue weighted by Gasteiger charge is 2.37. The van der Waals surface area contributed by atoms with Crippen LogP contribution in [0.1, 0.15) is 24.9 Å². The summed E-state index contributed by atoms with van der Waals surface area (Å²) in [4.78, 5) is 14.7. The fourth-order valence-electron chi connectivity index (χ4n) is 3.89. The maximum Gasteiger partial charge on any atom is 0.337 e. The minimum atomic E-state index is -0.587. The highest BCUT2D eigenvalue weighted by atomic mass is 35.5. The zero-order chi connectivity index (χ0) is 22.8. The van der Waals surface area contributed by atoms with Gasteiger partial charge in [0, 0.05) is 12.1 Å². The van der Waals surface area contributed by atoms with Gasteiger partial charge in [-0.1, -0.05) is 23.7 Å². The van der Waals surface area contributed by atoms with E-state index in [2.05, 4.69) is 5.32 Å². The van der Waals surface area contributed by atoms with Crippen LogP contribution in [0.15, 0.2) is 47.7 Å². The summed E-state index contributed by atoms with van der Waals surface area (Å²) in [5.41, 5.74) is 2.44. The van der Waals surface area contributed by atoms with Crippen LogP contribution in [0.4, 0.5) is 5.69 Å². The molecule has 2 aromatic rings. The summed E-state index contributed by atoms with van der Waals surface area (Å²) in [5.74, 6) is 1.18. The highest BCUT2D eigenvalue weighted by molar-refractivity contribution is 7.80. The molecule has 0 spiro atoms. The Labute approximate surface area is 196 Å². The summed E-state index contributed by atoms with van der Waals surface area (Å²) in [6.07, 6.45) is 0.756. The number of fused-ring (bicyclic) bond motifs is 1. The first-order chi connectivity index (χ1) is 15.5. The Hall–Kier alpha value is -2.97. The van der Waals surface area contributed by atoms with Gasteiger partial charge in [0.2, 0.25) is 0 Å². The zero-order valence-electron chi connectivity index (χ0n) is 17.9. The van der Waals surface area contributed by atoms with Gasteiger partial charge in [-0.25, -0.2) is 4.79 Å². The lowest BCUT2D eigenvalue weighted by molar-refractivity contribution is -0.136. The van der Waals surface area contributed by atoms with Crippen LogP contribution in [0.5, 0.6) is 17.2 Å². The number of hydrogen-bond acceptors (Lipinski definition) is 6. The predicted molar refractivity (Wildman–Crippen MR) is 126 cm³/mol. The number of methoxy groups -OCH3 is 2. The molecule has 168 valence electrons. The molecule has 9 heteroatoms. The molecule has 0 aromatic heterocycles. The quantitative estimate of drug-likeness (QED) is 0.516. The number of carbonyl (C=O) groups is 1. The van der Waals surface area contributed by atoms with Gasteiger partial charge in [-0.15, -0.1) is 0 Å². The fourth-order valence-corrected chi connectivity index (χ4v) is 4.52. The van der Waals surface area contributed by atoms with E-state index in [0.29, 0.717) is 63.1 Å². The number of nitrogens with one attached hydrogen (secondary N) is 1. The predicted octanol–water partition coefficient (Wildman–Crippen LogP) is 4.39. The van der Waals surface area contributed by atoms with Crippen LogP contribution in [0.25, 0.3) is 0 Å². The number of anilines is 1. The van der Waals surface area contributed by atoms with E-state index in [9.17, 15) is 4.79 Å². The molecule has 2 heterocycles. The second-order valence-electron chi connectivity index (χ2n) is 7.26. The van der Waals surface area contributed by atoms with Gasteiger partial charge in [0.25, 0.3) is 0 Å². The third kappa shape index (κ3) is 3.96. The lowest BCUT2D eigenvalue weighted by Gasteiger charge is -2.38. The molecule has 0 radical (unpaired) electrons. The van der Waals surface area contributed by atoms with Crippen molar-refractivity contribution in [1.29, 1.82) is 0 Å². The first-order valence-corrected chi connectivity index (χ1v) is 10.9. The summed E-state index contributed by atoms with van der Waals surface area (Å²) in [5, 5.41) is 4.08. The van der Waals surface area contributed by atoms with Gasteiger partial charge in [-0.3, -0.25) is 4.90 Å². The summed E-state index contributed by atoms with van der Waals surface area (Å²) in [6, 6.07) is 10.4. The number of esters is 1. The van der Waals surface area contributed by atoms with Gasteiger partial charge in [-0.05, 0) is 49.0 Å². The largest absolute Gasteiger partial charge is 0.495 e. The summed E-state index contributed by atoms with van der Waals surface area (Å²) in [6.45, 7) is 2.87. The van der Waals surface area contributed by atoms with Crippen molar-refractivity contribution < 1.29 is 23.7 Å². The summed E-state index contributed by atoms with van der Waals surface area (Å²) >= 11 is 12.2. The molecule has 1 atom stereocenters. The molecular weight excluding hydrogens is 452 g/mol. The average Bonchev–Trinajstić information content (AvgIpc) is 3.04. The van der Waals surface area contributed by atoms with Crippen molar-refractivity contribution in [2.24, 2.45) is 0 Å². The molecular formula is C23H23ClN2O5S. The second kappa shape index (κ2) is 9.26. The Morgan fingerprint density at radius 1 is 1.22 bits per heavy atom. The monoisotopic (exact) mass is 474 g/mol. The first-order valence-electron chi connectivity index (χ1n) is 10.1. The number of carbonyl (C=O) groups excluding carboxylic acids is 1. The number of hydrogen-bond donors (Lipinski definition) is 1. The standard InChI is InChI=1S/C23H23ClN2O5S/c1-13-19(22(27)29-3)20(14-11-15(24)21-18(12-14)30-9-6-10-31-21)25-23(32)26(13)16-7-4-5-8-17(16)28-2/h4-5,7-8,11-12,20H,6,9-10H2,1-3H3,(H,25,32). The topological polar surface area (TPSA) is 69.3 Å². The van der Waals surface area contributed by atoms with Crippen LogP contribution < -0.4 is 24.4 Å². The van der Waals surface area contributed by atoms with E-state index in [1.165, 1.54) is 7.11 Å². The highest BCUT2D eigenvalue weighted by Crippen LogP contribution is 2.43. The number of ether oxygens (including phenoxy) is 4. The minimum Gasteiger partial charge on any atom is -0.495 e. The molecule has 7 nitrogen and oxygen atoms in total. The Balaban J connectivity index is 1.85. The number of para-hydroxylation sites is 2. The lowest BCUT2D eigenvalue weighted by Crippen LogP contribution is -2.48. The van der Waals surface area contributed by atoms with E-state index >= 15 is 0 Å². The van der Waals surface area contributed by atoms with Crippen molar-refractivity contribution >= 4 is 40.6 Å². The van der Waals surface area contributed by atoms with Gasteiger partial charge in [0.05, 0.1) is 49.8 Å². The molecule has 0 fully saturated rings. The smallest absolute Gasteiger partial charge is 0.337 e. The number of rotatable bonds is 4.